The van der Waals surface area contributed by atoms with E-state index in [4.69, 9.17) is 17.2 Å². The molecule has 0 rings (SSSR count). The topological polar surface area (TPSA) is 90.1 Å². The van der Waals surface area contributed by atoms with E-state index in [1.54, 1.807) is 0 Å². The Morgan fingerprint density at radius 1 is 0.480 bits per heavy atom. The van der Waals surface area contributed by atoms with Crippen LogP contribution in [0.5, 0.6) is 0 Å². The first-order chi connectivity index (χ1) is 12.3. The number of nitrogens with two attached hydrogens (primary N) is 3. The Labute approximate surface area is 158 Å². The van der Waals surface area contributed by atoms with Crippen molar-refractivity contribution in [3.8, 4) is 0 Å². The molecule has 0 fully saturated rings. The van der Waals surface area contributed by atoms with E-state index in [9.17, 15) is 0 Å². The molecule has 0 spiro atoms. The summed E-state index contributed by atoms with van der Waals surface area (Å²) in [6.07, 6.45) is 22.4. The van der Waals surface area contributed by atoms with Crippen LogP contribution in [-0.4, -0.2) is 25.8 Å². The molecule has 152 valence electrons. The molecule has 4 heteroatoms. The number of rotatable bonds is 21. The number of hydrogen-bond donors (Lipinski definition) is 4. The summed E-state index contributed by atoms with van der Waals surface area (Å²) in [6, 6.07) is 0. The van der Waals surface area contributed by atoms with Crippen LogP contribution in [-0.2, 0) is 0 Å². The maximum Gasteiger partial charge on any atom is 0.0546 e. The molecule has 0 aliphatic rings. The lowest BCUT2D eigenvalue weighted by Crippen LogP contribution is -2.37. The first-order valence-electron chi connectivity index (χ1n) is 11.2. The molecule has 0 heterocycles. The van der Waals surface area contributed by atoms with Gasteiger partial charge in [-0.25, -0.2) is 0 Å². The van der Waals surface area contributed by atoms with Crippen LogP contribution >= 0.6 is 0 Å². The van der Waals surface area contributed by atoms with Gasteiger partial charge in [0.25, 0.3) is 0 Å². The molecule has 1 atom stereocenters. The molecule has 0 aromatic carbocycles. The molecule has 4 nitrogen and oxygen atoms in total. The molecular weight excluding hydrogens is 308 g/mol. The Morgan fingerprint density at radius 3 is 1.28 bits per heavy atom. The highest BCUT2D eigenvalue weighted by Crippen LogP contribution is 2.10. The second kappa shape index (κ2) is 21.9. The van der Waals surface area contributed by atoms with Crippen molar-refractivity contribution in [2.75, 3.05) is 19.6 Å². The van der Waals surface area contributed by atoms with Crippen LogP contribution in [0.15, 0.2) is 0 Å². The van der Waals surface area contributed by atoms with Crippen molar-refractivity contribution in [1.82, 2.24) is 5.32 Å². The summed E-state index contributed by atoms with van der Waals surface area (Å²) < 4.78 is 0. The Balaban J connectivity index is 3.11. The molecule has 0 saturated heterocycles. The summed E-state index contributed by atoms with van der Waals surface area (Å²) >= 11 is 0. The van der Waals surface area contributed by atoms with E-state index in [0.29, 0.717) is 0 Å². The van der Waals surface area contributed by atoms with Gasteiger partial charge in [-0.1, -0.05) is 83.5 Å². The van der Waals surface area contributed by atoms with Gasteiger partial charge in [0.2, 0.25) is 0 Å². The smallest absolute Gasteiger partial charge is 0.0546 e. The summed E-state index contributed by atoms with van der Waals surface area (Å²) in [7, 11) is 0. The first kappa shape index (κ1) is 24.8. The SMILES string of the molecule is NCCCCCCCCCCCNC(N)CCCCCCCCCN. The third-order valence-corrected chi connectivity index (χ3v) is 5.01. The molecule has 1 unspecified atom stereocenters. The summed E-state index contributed by atoms with van der Waals surface area (Å²) in [5.41, 5.74) is 17.1. The zero-order valence-corrected chi connectivity index (χ0v) is 17.0. The van der Waals surface area contributed by atoms with Crippen molar-refractivity contribution >= 4 is 0 Å². The van der Waals surface area contributed by atoms with E-state index in [2.05, 4.69) is 5.32 Å². The normalized spacial score (nSPS) is 12.6. The van der Waals surface area contributed by atoms with Crippen molar-refractivity contribution in [3.63, 3.8) is 0 Å². The van der Waals surface area contributed by atoms with Gasteiger partial charge < -0.3 is 22.5 Å². The molecule has 0 amide bonds. The third kappa shape index (κ3) is 21.8. The second-order valence-corrected chi connectivity index (χ2v) is 7.58. The first-order valence-corrected chi connectivity index (χ1v) is 11.2. The molecule has 0 aromatic rings. The van der Waals surface area contributed by atoms with Crippen molar-refractivity contribution in [2.24, 2.45) is 17.2 Å². The number of unbranched alkanes of at least 4 members (excludes halogenated alkanes) is 14. The highest BCUT2D eigenvalue weighted by Gasteiger charge is 2.01. The largest absolute Gasteiger partial charge is 0.330 e. The summed E-state index contributed by atoms with van der Waals surface area (Å²) in [5, 5.41) is 3.48. The molecule has 0 aliphatic carbocycles. The standard InChI is InChI=1S/C21H48N4/c22-18-14-10-6-2-1-3-8-12-16-20-25-21(24)17-13-9-5-4-7-11-15-19-23/h21,25H,1-20,22-24H2. The van der Waals surface area contributed by atoms with E-state index in [0.717, 1.165) is 26.1 Å². The van der Waals surface area contributed by atoms with E-state index in [1.165, 1.54) is 103 Å². The Morgan fingerprint density at radius 2 is 0.840 bits per heavy atom. The van der Waals surface area contributed by atoms with Crippen LogP contribution in [0, 0.1) is 0 Å². The van der Waals surface area contributed by atoms with Crippen LogP contribution in [0.1, 0.15) is 109 Å². The monoisotopic (exact) mass is 356 g/mol. The number of hydrogen-bond acceptors (Lipinski definition) is 4. The predicted molar refractivity (Wildman–Crippen MR) is 113 cm³/mol. The Hall–Kier alpha value is -0.160. The van der Waals surface area contributed by atoms with Gasteiger partial charge >= 0.3 is 0 Å². The van der Waals surface area contributed by atoms with Crippen molar-refractivity contribution in [3.05, 3.63) is 0 Å². The van der Waals surface area contributed by atoms with E-state index in [-0.39, 0.29) is 6.17 Å². The lowest BCUT2D eigenvalue weighted by molar-refractivity contribution is 0.450. The van der Waals surface area contributed by atoms with Gasteiger partial charge in [-0.3, -0.25) is 0 Å². The van der Waals surface area contributed by atoms with Gasteiger partial charge in [-0.15, -0.1) is 0 Å². The fourth-order valence-corrected chi connectivity index (χ4v) is 3.29. The van der Waals surface area contributed by atoms with E-state index < -0.39 is 0 Å². The maximum absolute atomic E-state index is 6.14. The highest BCUT2D eigenvalue weighted by atomic mass is 15.0. The average Bonchev–Trinajstić information content (AvgIpc) is 2.62. The zero-order chi connectivity index (χ0) is 18.4. The van der Waals surface area contributed by atoms with Crippen LogP contribution in [0.4, 0.5) is 0 Å². The molecular formula is C21H48N4. The Bertz CT molecular complexity index is 236. The third-order valence-electron chi connectivity index (χ3n) is 5.01. The maximum atomic E-state index is 6.14. The fraction of sp³-hybridized carbons (Fsp3) is 1.00. The minimum absolute atomic E-state index is 0.194. The molecule has 25 heavy (non-hydrogen) atoms. The fourth-order valence-electron chi connectivity index (χ4n) is 3.29. The van der Waals surface area contributed by atoms with Gasteiger partial charge in [-0.2, -0.15) is 0 Å². The minimum Gasteiger partial charge on any atom is -0.330 e. The lowest BCUT2D eigenvalue weighted by atomic mass is 10.1. The minimum atomic E-state index is 0.194. The summed E-state index contributed by atoms with van der Waals surface area (Å²) in [5.74, 6) is 0. The van der Waals surface area contributed by atoms with Gasteiger partial charge in [0.1, 0.15) is 0 Å². The highest BCUT2D eigenvalue weighted by molar-refractivity contribution is 4.60. The molecule has 0 bridgehead atoms. The van der Waals surface area contributed by atoms with E-state index >= 15 is 0 Å². The Kier molecular flexibility index (Phi) is 21.7. The summed E-state index contributed by atoms with van der Waals surface area (Å²) in [4.78, 5) is 0. The second-order valence-electron chi connectivity index (χ2n) is 7.58. The van der Waals surface area contributed by atoms with Crippen LogP contribution in [0.3, 0.4) is 0 Å². The van der Waals surface area contributed by atoms with Crippen LogP contribution in [0.2, 0.25) is 0 Å². The van der Waals surface area contributed by atoms with E-state index in [1.807, 2.05) is 0 Å². The van der Waals surface area contributed by atoms with Gasteiger partial charge in [0, 0.05) is 0 Å². The van der Waals surface area contributed by atoms with Crippen molar-refractivity contribution in [1.29, 1.82) is 0 Å². The molecule has 0 aromatic heterocycles. The van der Waals surface area contributed by atoms with Gasteiger partial charge in [0.15, 0.2) is 0 Å². The predicted octanol–water partition coefficient (Wildman–Crippen LogP) is 4.41. The molecule has 0 saturated carbocycles. The van der Waals surface area contributed by atoms with Crippen molar-refractivity contribution < 1.29 is 0 Å². The number of nitrogens with one attached hydrogen (secondary N) is 1. The average molecular weight is 357 g/mol. The zero-order valence-electron chi connectivity index (χ0n) is 17.0. The molecule has 7 N–H and O–H groups in total. The summed E-state index contributed by atoms with van der Waals surface area (Å²) in [6.45, 7) is 2.77. The van der Waals surface area contributed by atoms with Gasteiger partial charge in [0.05, 0.1) is 6.17 Å². The molecule has 0 aliphatic heterocycles. The van der Waals surface area contributed by atoms with Crippen LogP contribution < -0.4 is 22.5 Å². The van der Waals surface area contributed by atoms with Gasteiger partial charge in [-0.05, 0) is 45.3 Å². The quantitative estimate of drug-likeness (QED) is 0.181. The van der Waals surface area contributed by atoms with Crippen LogP contribution in [0.25, 0.3) is 0 Å². The molecule has 0 radical (unpaired) electrons. The van der Waals surface area contributed by atoms with Crippen molar-refractivity contribution in [2.45, 2.75) is 115 Å². The lowest BCUT2D eigenvalue weighted by Gasteiger charge is -2.13.